The second-order valence-corrected chi connectivity index (χ2v) is 2.62. The normalized spacial score (nSPS) is 9.69. The molecule has 70 valence electrons. The number of esters is 1. The van der Waals surface area contributed by atoms with Crippen LogP contribution >= 0.6 is 0 Å². The minimum absolute atomic E-state index is 0.354. The van der Waals surface area contributed by atoms with Gasteiger partial charge in [0.25, 0.3) is 0 Å². The number of carbonyl (C=O) groups is 1. The van der Waals surface area contributed by atoms with E-state index in [4.69, 9.17) is 10.5 Å². The first-order chi connectivity index (χ1) is 6.16. The van der Waals surface area contributed by atoms with Crippen molar-refractivity contribution in [2.75, 3.05) is 12.3 Å². The number of nitrogens with two attached hydrogens (primary N) is 1. The first-order valence-electron chi connectivity index (χ1n) is 4.04. The number of hydrogen-bond acceptors (Lipinski definition) is 4. The van der Waals surface area contributed by atoms with E-state index in [1.54, 1.807) is 13.8 Å². The highest BCUT2D eigenvalue weighted by Crippen LogP contribution is 2.14. The lowest BCUT2D eigenvalue weighted by atomic mass is 10.1. The Morgan fingerprint density at radius 3 is 2.92 bits per heavy atom. The zero-order valence-corrected chi connectivity index (χ0v) is 7.70. The molecule has 1 rings (SSSR count). The standard InChI is InChI=1S/C9H12N2O2/c1-3-13-9(12)7-4-11-5-8(10)6(7)2/h4-5H,3,10H2,1-2H3. The number of aromatic nitrogens is 1. The third-order valence-corrected chi connectivity index (χ3v) is 1.75. The Hall–Kier alpha value is -1.58. The third kappa shape index (κ3) is 1.96. The van der Waals surface area contributed by atoms with Crippen molar-refractivity contribution in [2.24, 2.45) is 0 Å². The van der Waals surface area contributed by atoms with E-state index in [0.717, 1.165) is 0 Å². The van der Waals surface area contributed by atoms with Crippen LogP contribution in [-0.2, 0) is 4.74 Å². The number of anilines is 1. The number of nitrogen functional groups attached to an aromatic ring is 1. The molecule has 0 radical (unpaired) electrons. The number of pyridine rings is 1. The summed E-state index contributed by atoms with van der Waals surface area (Å²) in [7, 11) is 0. The van der Waals surface area contributed by atoms with Crippen molar-refractivity contribution in [3.8, 4) is 0 Å². The molecule has 0 spiro atoms. The Labute approximate surface area is 76.7 Å². The third-order valence-electron chi connectivity index (χ3n) is 1.75. The van der Waals surface area contributed by atoms with Gasteiger partial charge in [0, 0.05) is 6.20 Å². The number of rotatable bonds is 2. The molecule has 0 amide bonds. The second-order valence-electron chi connectivity index (χ2n) is 2.62. The van der Waals surface area contributed by atoms with Gasteiger partial charge in [0.1, 0.15) is 0 Å². The van der Waals surface area contributed by atoms with E-state index in [9.17, 15) is 4.79 Å². The van der Waals surface area contributed by atoms with Crippen molar-refractivity contribution in [1.29, 1.82) is 0 Å². The van der Waals surface area contributed by atoms with Crippen molar-refractivity contribution >= 4 is 11.7 Å². The largest absolute Gasteiger partial charge is 0.462 e. The van der Waals surface area contributed by atoms with Crippen LogP contribution in [0.15, 0.2) is 12.4 Å². The summed E-state index contributed by atoms with van der Waals surface area (Å²) in [6, 6.07) is 0. The summed E-state index contributed by atoms with van der Waals surface area (Å²) in [6.07, 6.45) is 2.97. The van der Waals surface area contributed by atoms with Gasteiger partial charge in [0.2, 0.25) is 0 Å². The molecule has 0 atom stereocenters. The molecule has 1 heterocycles. The van der Waals surface area contributed by atoms with Gasteiger partial charge in [-0.25, -0.2) is 4.79 Å². The predicted octanol–water partition coefficient (Wildman–Crippen LogP) is 1.15. The summed E-state index contributed by atoms with van der Waals surface area (Å²) in [5.41, 5.74) is 7.24. The van der Waals surface area contributed by atoms with E-state index in [2.05, 4.69) is 4.98 Å². The molecule has 4 nitrogen and oxygen atoms in total. The smallest absolute Gasteiger partial charge is 0.340 e. The second kappa shape index (κ2) is 3.89. The molecule has 0 saturated heterocycles. The fourth-order valence-corrected chi connectivity index (χ4v) is 0.956. The Balaban J connectivity index is 3.01. The highest BCUT2D eigenvalue weighted by Gasteiger charge is 2.11. The molecule has 1 aromatic rings. The van der Waals surface area contributed by atoms with Crippen LogP contribution in [0.5, 0.6) is 0 Å². The van der Waals surface area contributed by atoms with E-state index in [1.807, 2.05) is 0 Å². The fourth-order valence-electron chi connectivity index (χ4n) is 0.956. The molecule has 0 unspecified atom stereocenters. The topological polar surface area (TPSA) is 65.2 Å². The fraction of sp³-hybridized carbons (Fsp3) is 0.333. The molecule has 0 aliphatic heterocycles. The SMILES string of the molecule is CCOC(=O)c1cncc(N)c1C. The Morgan fingerprint density at radius 1 is 1.62 bits per heavy atom. The summed E-state index contributed by atoms with van der Waals surface area (Å²) in [5, 5.41) is 0. The van der Waals surface area contributed by atoms with E-state index in [0.29, 0.717) is 23.4 Å². The Morgan fingerprint density at radius 2 is 2.31 bits per heavy atom. The van der Waals surface area contributed by atoms with Gasteiger partial charge >= 0.3 is 5.97 Å². The number of nitrogens with zero attached hydrogens (tertiary/aromatic N) is 1. The van der Waals surface area contributed by atoms with Gasteiger partial charge in [-0.05, 0) is 19.4 Å². The highest BCUT2D eigenvalue weighted by molar-refractivity contribution is 5.92. The van der Waals surface area contributed by atoms with Gasteiger partial charge in [-0.15, -0.1) is 0 Å². The van der Waals surface area contributed by atoms with Crippen molar-refractivity contribution in [2.45, 2.75) is 13.8 Å². The predicted molar refractivity (Wildman–Crippen MR) is 49.3 cm³/mol. The summed E-state index contributed by atoms with van der Waals surface area (Å²) >= 11 is 0. The molecule has 2 N–H and O–H groups in total. The maximum atomic E-state index is 11.3. The van der Waals surface area contributed by atoms with Crippen LogP contribution in [0.1, 0.15) is 22.8 Å². The van der Waals surface area contributed by atoms with Crippen LogP contribution in [0.25, 0.3) is 0 Å². The van der Waals surface area contributed by atoms with E-state index < -0.39 is 0 Å². The minimum Gasteiger partial charge on any atom is -0.462 e. The van der Waals surface area contributed by atoms with Crippen molar-refractivity contribution in [1.82, 2.24) is 4.98 Å². The number of ether oxygens (including phenoxy) is 1. The van der Waals surface area contributed by atoms with Gasteiger partial charge in [0.15, 0.2) is 0 Å². The van der Waals surface area contributed by atoms with Crippen LogP contribution in [0.4, 0.5) is 5.69 Å². The lowest BCUT2D eigenvalue weighted by Crippen LogP contribution is -2.08. The summed E-state index contributed by atoms with van der Waals surface area (Å²) in [5.74, 6) is -0.375. The maximum absolute atomic E-state index is 11.3. The zero-order valence-electron chi connectivity index (χ0n) is 7.70. The average Bonchev–Trinajstić information content (AvgIpc) is 2.10. The Bertz CT molecular complexity index is 323. The van der Waals surface area contributed by atoms with Gasteiger partial charge in [-0.2, -0.15) is 0 Å². The zero-order chi connectivity index (χ0) is 9.84. The molecule has 0 aliphatic rings. The molecule has 4 heteroatoms. The van der Waals surface area contributed by atoms with Crippen LogP contribution in [0, 0.1) is 6.92 Å². The van der Waals surface area contributed by atoms with Crippen molar-refractivity contribution in [3.05, 3.63) is 23.5 Å². The quantitative estimate of drug-likeness (QED) is 0.693. The molecule has 0 saturated carbocycles. The first-order valence-corrected chi connectivity index (χ1v) is 4.04. The van der Waals surface area contributed by atoms with Crippen LogP contribution in [-0.4, -0.2) is 17.6 Å². The van der Waals surface area contributed by atoms with Gasteiger partial charge < -0.3 is 10.5 Å². The lowest BCUT2D eigenvalue weighted by molar-refractivity contribution is 0.0525. The molecule has 0 bridgehead atoms. The van der Waals surface area contributed by atoms with Crippen LogP contribution in [0.2, 0.25) is 0 Å². The average molecular weight is 180 g/mol. The number of carbonyl (C=O) groups excluding carboxylic acids is 1. The molecule has 0 aromatic carbocycles. The highest BCUT2D eigenvalue weighted by atomic mass is 16.5. The monoisotopic (exact) mass is 180 g/mol. The van der Waals surface area contributed by atoms with Gasteiger partial charge in [-0.1, -0.05) is 0 Å². The number of hydrogen-bond donors (Lipinski definition) is 1. The van der Waals surface area contributed by atoms with E-state index in [1.165, 1.54) is 12.4 Å². The van der Waals surface area contributed by atoms with Crippen molar-refractivity contribution < 1.29 is 9.53 Å². The van der Waals surface area contributed by atoms with E-state index >= 15 is 0 Å². The van der Waals surface area contributed by atoms with Crippen LogP contribution in [0.3, 0.4) is 0 Å². The van der Waals surface area contributed by atoms with Crippen LogP contribution < -0.4 is 5.73 Å². The Kier molecular flexibility index (Phi) is 2.84. The molecule has 0 aliphatic carbocycles. The molecule has 13 heavy (non-hydrogen) atoms. The summed E-state index contributed by atoms with van der Waals surface area (Å²) in [6.45, 7) is 3.88. The van der Waals surface area contributed by atoms with Gasteiger partial charge in [-0.3, -0.25) is 4.98 Å². The molecule has 1 aromatic heterocycles. The summed E-state index contributed by atoms with van der Waals surface area (Å²) < 4.78 is 4.83. The molecular formula is C9H12N2O2. The van der Waals surface area contributed by atoms with Crippen molar-refractivity contribution in [3.63, 3.8) is 0 Å². The first kappa shape index (κ1) is 9.51. The summed E-state index contributed by atoms with van der Waals surface area (Å²) in [4.78, 5) is 15.1. The van der Waals surface area contributed by atoms with Gasteiger partial charge in [0.05, 0.1) is 24.1 Å². The maximum Gasteiger partial charge on any atom is 0.340 e. The lowest BCUT2D eigenvalue weighted by Gasteiger charge is -2.05. The minimum atomic E-state index is -0.375. The molecule has 0 fully saturated rings. The van der Waals surface area contributed by atoms with E-state index in [-0.39, 0.29) is 5.97 Å². The molecular weight excluding hydrogens is 168 g/mol.